The summed E-state index contributed by atoms with van der Waals surface area (Å²) in [6.45, 7) is 4.65. The zero-order valence-electron chi connectivity index (χ0n) is 5.99. The summed E-state index contributed by atoms with van der Waals surface area (Å²) in [6.07, 6.45) is 0. The van der Waals surface area contributed by atoms with Crippen molar-refractivity contribution in [1.82, 2.24) is 9.91 Å². The molecular weight excluding hydrogens is 130 g/mol. The molecule has 1 unspecified atom stereocenters. The van der Waals surface area contributed by atoms with Gasteiger partial charge in [0.1, 0.15) is 0 Å². The van der Waals surface area contributed by atoms with E-state index in [1.54, 1.807) is 0 Å². The number of nitrogens with two attached hydrogens (primary N) is 1. The second-order valence-corrected chi connectivity index (χ2v) is 2.96. The Morgan fingerprint density at radius 2 is 2.30 bits per heavy atom. The summed E-state index contributed by atoms with van der Waals surface area (Å²) >= 11 is 0. The van der Waals surface area contributed by atoms with Gasteiger partial charge in [-0.3, -0.25) is 10.7 Å². The molecule has 4 nitrogen and oxygen atoms in total. The SMILES string of the molecule is NN1CCN2COCC2C1. The van der Waals surface area contributed by atoms with Gasteiger partial charge in [0.25, 0.3) is 0 Å². The van der Waals surface area contributed by atoms with E-state index in [9.17, 15) is 0 Å². The summed E-state index contributed by atoms with van der Waals surface area (Å²) in [4.78, 5) is 2.34. The quantitative estimate of drug-likeness (QED) is 0.434. The smallest absolute Gasteiger partial charge is 0.0995 e. The van der Waals surface area contributed by atoms with E-state index in [0.717, 1.165) is 33.0 Å². The highest BCUT2D eigenvalue weighted by Gasteiger charge is 2.29. The van der Waals surface area contributed by atoms with Crippen LogP contribution >= 0.6 is 0 Å². The minimum Gasteiger partial charge on any atom is -0.364 e. The highest BCUT2D eigenvalue weighted by atomic mass is 16.5. The van der Waals surface area contributed by atoms with E-state index in [0.29, 0.717) is 6.04 Å². The average molecular weight is 143 g/mol. The molecule has 0 amide bonds. The molecule has 2 rings (SSSR count). The standard InChI is InChI=1S/C6H13N3O/c7-9-2-1-8-5-10-4-6(8)3-9/h6H,1-5,7H2. The number of ether oxygens (including phenoxy) is 1. The predicted molar refractivity (Wildman–Crippen MR) is 37.1 cm³/mol. The van der Waals surface area contributed by atoms with Crippen LogP contribution in [0.3, 0.4) is 0 Å². The monoisotopic (exact) mass is 143 g/mol. The molecule has 0 aliphatic carbocycles. The van der Waals surface area contributed by atoms with Crippen molar-refractivity contribution in [1.29, 1.82) is 0 Å². The van der Waals surface area contributed by atoms with E-state index >= 15 is 0 Å². The van der Waals surface area contributed by atoms with E-state index in [1.165, 1.54) is 0 Å². The summed E-state index contributed by atoms with van der Waals surface area (Å²) in [7, 11) is 0. The zero-order chi connectivity index (χ0) is 6.97. The highest BCUT2D eigenvalue weighted by Crippen LogP contribution is 2.12. The first-order valence-electron chi connectivity index (χ1n) is 3.68. The molecule has 4 heteroatoms. The molecule has 0 aromatic carbocycles. The van der Waals surface area contributed by atoms with Crippen LogP contribution in [0.1, 0.15) is 0 Å². The number of nitrogens with zero attached hydrogens (tertiary/aromatic N) is 2. The van der Waals surface area contributed by atoms with Gasteiger partial charge in [-0.15, -0.1) is 0 Å². The molecule has 10 heavy (non-hydrogen) atoms. The largest absolute Gasteiger partial charge is 0.364 e. The van der Waals surface area contributed by atoms with Crippen LogP contribution in [0, 0.1) is 0 Å². The Morgan fingerprint density at radius 1 is 1.40 bits per heavy atom. The van der Waals surface area contributed by atoms with Gasteiger partial charge in [-0.05, 0) is 0 Å². The molecule has 0 spiro atoms. The van der Waals surface area contributed by atoms with Crippen molar-refractivity contribution in [2.45, 2.75) is 6.04 Å². The fourth-order valence-corrected chi connectivity index (χ4v) is 1.55. The Balaban J connectivity index is 1.96. The fraction of sp³-hybridized carbons (Fsp3) is 1.00. The van der Waals surface area contributed by atoms with Crippen LogP contribution in [-0.4, -0.2) is 48.9 Å². The zero-order valence-corrected chi connectivity index (χ0v) is 5.99. The van der Waals surface area contributed by atoms with Crippen molar-refractivity contribution in [2.24, 2.45) is 5.84 Å². The van der Waals surface area contributed by atoms with Crippen LogP contribution in [0.5, 0.6) is 0 Å². The maximum atomic E-state index is 5.64. The lowest BCUT2D eigenvalue weighted by molar-refractivity contribution is 0.0917. The van der Waals surface area contributed by atoms with Crippen LogP contribution in [-0.2, 0) is 4.74 Å². The van der Waals surface area contributed by atoms with E-state index in [2.05, 4.69) is 4.90 Å². The van der Waals surface area contributed by atoms with Gasteiger partial charge in [-0.25, -0.2) is 5.01 Å². The topological polar surface area (TPSA) is 41.7 Å². The first-order chi connectivity index (χ1) is 4.86. The van der Waals surface area contributed by atoms with Gasteiger partial charge in [-0.2, -0.15) is 0 Å². The van der Waals surface area contributed by atoms with Crippen molar-refractivity contribution < 1.29 is 4.74 Å². The molecule has 1 atom stereocenters. The third-order valence-corrected chi connectivity index (χ3v) is 2.20. The summed E-state index contributed by atoms with van der Waals surface area (Å²) < 4.78 is 5.28. The third kappa shape index (κ3) is 1.03. The van der Waals surface area contributed by atoms with Gasteiger partial charge in [0.05, 0.1) is 13.3 Å². The predicted octanol–water partition coefficient (Wildman–Crippen LogP) is -1.17. The number of fused-ring (bicyclic) bond motifs is 1. The molecular formula is C6H13N3O. The summed E-state index contributed by atoms with van der Waals surface area (Å²) in [6, 6.07) is 0.554. The Kier molecular flexibility index (Phi) is 1.61. The lowest BCUT2D eigenvalue weighted by Crippen LogP contribution is -2.53. The lowest BCUT2D eigenvalue weighted by Gasteiger charge is -2.32. The van der Waals surface area contributed by atoms with Crippen LogP contribution in [0.4, 0.5) is 0 Å². The molecule has 58 valence electrons. The lowest BCUT2D eigenvalue weighted by atomic mass is 10.2. The van der Waals surface area contributed by atoms with Crippen molar-refractivity contribution >= 4 is 0 Å². The second-order valence-electron chi connectivity index (χ2n) is 2.96. The number of rotatable bonds is 0. The molecule has 0 bridgehead atoms. The van der Waals surface area contributed by atoms with E-state index < -0.39 is 0 Å². The van der Waals surface area contributed by atoms with Crippen molar-refractivity contribution in [2.75, 3.05) is 33.0 Å². The maximum absolute atomic E-state index is 5.64. The molecule has 2 saturated heterocycles. The number of hydrogen-bond donors (Lipinski definition) is 1. The molecule has 2 heterocycles. The molecule has 2 aliphatic heterocycles. The van der Waals surface area contributed by atoms with Crippen LogP contribution < -0.4 is 5.84 Å². The maximum Gasteiger partial charge on any atom is 0.0995 e. The van der Waals surface area contributed by atoms with E-state index in [-0.39, 0.29) is 0 Å². The summed E-state index contributed by atoms with van der Waals surface area (Å²) in [5.74, 6) is 5.64. The second kappa shape index (κ2) is 2.47. The Labute approximate surface area is 60.5 Å². The summed E-state index contributed by atoms with van der Waals surface area (Å²) in [5, 5.41) is 1.87. The number of hydrogen-bond acceptors (Lipinski definition) is 4. The Hall–Kier alpha value is -0.160. The first kappa shape index (κ1) is 6.54. The molecule has 0 aromatic heterocycles. The third-order valence-electron chi connectivity index (χ3n) is 2.20. The van der Waals surface area contributed by atoms with Crippen molar-refractivity contribution in [3.63, 3.8) is 0 Å². The summed E-state index contributed by atoms with van der Waals surface area (Å²) in [5.41, 5.74) is 0. The van der Waals surface area contributed by atoms with Crippen LogP contribution in [0.15, 0.2) is 0 Å². The van der Waals surface area contributed by atoms with Gasteiger partial charge in [0.2, 0.25) is 0 Å². The number of hydrazine groups is 1. The number of piperazine rings is 1. The Morgan fingerprint density at radius 3 is 3.20 bits per heavy atom. The van der Waals surface area contributed by atoms with Gasteiger partial charge >= 0.3 is 0 Å². The molecule has 0 aromatic rings. The minimum absolute atomic E-state index is 0.554. The first-order valence-corrected chi connectivity index (χ1v) is 3.68. The molecule has 2 fully saturated rings. The van der Waals surface area contributed by atoms with Gasteiger partial charge in [0, 0.05) is 25.7 Å². The van der Waals surface area contributed by atoms with Crippen molar-refractivity contribution in [3.8, 4) is 0 Å². The fourth-order valence-electron chi connectivity index (χ4n) is 1.55. The van der Waals surface area contributed by atoms with Crippen LogP contribution in [0.25, 0.3) is 0 Å². The average Bonchev–Trinajstić information content (AvgIpc) is 2.33. The molecule has 0 radical (unpaired) electrons. The Bertz CT molecular complexity index is 130. The van der Waals surface area contributed by atoms with E-state index in [1.807, 2.05) is 5.01 Å². The van der Waals surface area contributed by atoms with Crippen molar-refractivity contribution in [3.05, 3.63) is 0 Å². The molecule has 0 saturated carbocycles. The highest BCUT2D eigenvalue weighted by molar-refractivity contribution is 4.81. The van der Waals surface area contributed by atoms with Gasteiger partial charge in [-0.1, -0.05) is 0 Å². The molecule has 2 aliphatic rings. The molecule has 2 N–H and O–H groups in total. The minimum atomic E-state index is 0.554. The van der Waals surface area contributed by atoms with Crippen LogP contribution in [0.2, 0.25) is 0 Å². The van der Waals surface area contributed by atoms with E-state index in [4.69, 9.17) is 10.6 Å². The van der Waals surface area contributed by atoms with Gasteiger partial charge < -0.3 is 4.74 Å². The normalized spacial score (nSPS) is 36.3. The van der Waals surface area contributed by atoms with Gasteiger partial charge in [0.15, 0.2) is 0 Å².